The quantitative estimate of drug-likeness (QED) is 0.928. The Morgan fingerprint density at radius 2 is 2.05 bits per heavy atom. The molecule has 1 aromatic rings. The van der Waals surface area contributed by atoms with Crippen molar-refractivity contribution >= 4 is 17.3 Å². The first kappa shape index (κ1) is 14.2. The molecule has 2 saturated heterocycles. The van der Waals surface area contributed by atoms with E-state index in [0.29, 0.717) is 12.2 Å². The van der Waals surface area contributed by atoms with Crippen LogP contribution in [0.4, 0.5) is 5.69 Å². The monoisotopic (exact) mass is 294 g/mol. The molecular formula is C16H23ClN2O. The maximum absolute atomic E-state index is 6.48. The third kappa shape index (κ3) is 2.95. The summed E-state index contributed by atoms with van der Waals surface area (Å²) < 4.78 is 5.88. The molecule has 20 heavy (non-hydrogen) atoms. The summed E-state index contributed by atoms with van der Waals surface area (Å²) in [6.07, 6.45) is 5.03. The molecule has 3 rings (SSSR count). The zero-order valence-corrected chi connectivity index (χ0v) is 12.8. The van der Waals surface area contributed by atoms with Gasteiger partial charge in [0.25, 0.3) is 0 Å². The molecule has 110 valence electrons. The third-order valence-corrected chi connectivity index (χ3v) is 4.72. The molecule has 3 unspecified atom stereocenters. The number of halogens is 1. The number of nitrogens with two attached hydrogens (primary N) is 1. The van der Waals surface area contributed by atoms with E-state index in [1.807, 2.05) is 0 Å². The van der Waals surface area contributed by atoms with Gasteiger partial charge in [-0.25, -0.2) is 0 Å². The molecule has 2 heterocycles. The molecule has 0 radical (unpaired) electrons. The number of morpholine rings is 1. The highest BCUT2D eigenvalue weighted by atomic mass is 35.5. The number of rotatable bonds is 4. The van der Waals surface area contributed by atoms with Gasteiger partial charge in [0.15, 0.2) is 0 Å². The number of fused-ring (bicyclic) bond motifs is 2. The molecule has 0 spiro atoms. The van der Waals surface area contributed by atoms with Crippen LogP contribution in [-0.2, 0) is 11.2 Å². The Labute approximate surface area is 126 Å². The van der Waals surface area contributed by atoms with Crippen molar-refractivity contribution in [1.29, 1.82) is 0 Å². The predicted octanol–water partition coefficient (Wildman–Crippen LogP) is 2.99. The maximum Gasteiger partial charge on any atom is 0.0755 e. The summed E-state index contributed by atoms with van der Waals surface area (Å²) in [7, 11) is 0. The van der Waals surface area contributed by atoms with Gasteiger partial charge in [0.2, 0.25) is 0 Å². The van der Waals surface area contributed by atoms with Gasteiger partial charge in [-0.3, -0.25) is 0 Å². The molecule has 2 aliphatic heterocycles. The van der Waals surface area contributed by atoms with E-state index in [4.69, 9.17) is 22.1 Å². The standard InChI is InChI=1S/C16H23ClN2O/c1-2-12(18)7-11-3-6-16(15(17)8-11)19-9-13-4-5-14(10-19)20-13/h3,6,8,12-14H,2,4-5,7,9-10,18H2,1H3. The van der Waals surface area contributed by atoms with Crippen LogP contribution in [0, 0.1) is 0 Å². The summed E-state index contributed by atoms with van der Waals surface area (Å²) in [6.45, 7) is 4.04. The Hall–Kier alpha value is -0.770. The topological polar surface area (TPSA) is 38.5 Å². The summed E-state index contributed by atoms with van der Waals surface area (Å²) >= 11 is 6.48. The Balaban J connectivity index is 1.74. The van der Waals surface area contributed by atoms with E-state index in [9.17, 15) is 0 Å². The van der Waals surface area contributed by atoms with Gasteiger partial charge >= 0.3 is 0 Å². The van der Waals surface area contributed by atoms with Gasteiger partial charge in [-0.1, -0.05) is 24.6 Å². The summed E-state index contributed by atoms with van der Waals surface area (Å²) in [5.74, 6) is 0. The van der Waals surface area contributed by atoms with Crippen molar-refractivity contribution in [3.63, 3.8) is 0 Å². The van der Waals surface area contributed by atoms with Crippen molar-refractivity contribution < 1.29 is 4.74 Å². The van der Waals surface area contributed by atoms with E-state index in [1.54, 1.807) is 0 Å². The first-order valence-electron chi connectivity index (χ1n) is 7.60. The number of benzene rings is 1. The molecule has 2 bridgehead atoms. The minimum absolute atomic E-state index is 0.219. The molecule has 2 fully saturated rings. The molecule has 0 amide bonds. The van der Waals surface area contributed by atoms with Crippen LogP contribution in [0.25, 0.3) is 0 Å². The maximum atomic E-state index is 6.48. The van der Waals surface area contributed by atoms with Crippen LogP contribution in [0.5, 0.6) is 0 Å². The van der Waals surface area contributed by atoms with Crippen molar-refractivity contribution in [3.05, 3.63) is 28.8 Å². The van der Waals surface area contributed by atoms with Gasteiger partial charge in [-0.05, 0) is 43.4 Å². The van der Waals surface area contributed by atoms with Crippen molar-refractivity contribution in [3.8, 4) is 0 Å². The summed E-state index contributed by atoms with van der Waals surface area (Å²) in [5, 5.41) is 0.840. The lowest BCUT2D eigenvalue weighted by atomic mass is 10.0. The van der Waals surface area contributed by atoms with E-state index >= 15 is 0 Å². The Morgan fingerprint density at radius 3 is 2.65 bits per heavy atom. The van der Waals surface area contributed by atoms with Crippen LogP contribution >= 0.6 is 11.6 Å². The minimum Gasteiger partial charge on any atom is -0.371 e. The molecule has 0 aromatic heterocycles. The Kier molecular flexibility index (Phi) is 4.20. The van der Waals surface area contributed by atoms with Crippen molar-refractivity contribution in [2.24, 2.45) is 5.73 Å². The highest BCUT2D eigenvalue weighted by molar-refractivity contribution is 6.33. The smallest absolute Gasteiger partial charge is 0.0755 e. The van der Waals surface area contributed by atoms with Crippen LogP contribution in [0.2, 0.25) is 5.02 Å². The lowest BCUT2D eigenvalue weighted by Gasteiger charge is -2.34. The highest BCUT2D eigenvalue weighted by Gasteiger charge is 2.34. The number of hydrogen-bond donors (Lipinski definition) is 1. The van der Waals surface area contributed by atoms with Crippen LogP contribution in [0.15, 0.2) is 18.2 Å². The first-order chi connectivity index (χ1) is 9.65. The van der Waals surface area contributed by atoms with Crippen LogP contribution in [0.1, 0.15) is 31.7 Å². The van der Waals surface area contributed by atoms with Gasteiger partial charge < -0.3 is 15.4 Å². The molecule has 1 aromatic carbocycles. The second-order valence-electron chi connectivity index (χ2n) is 6.02. The van der Waals surface area contributed by atoms with Gasteiger partial charge in [0, 0.05) is 19.1 Å². The SMILES string of the molecule is CCC(N)Cc1ccc(N2CC3CCC(C2)O3)c(Cl)c1. The Bertz CT molecular complexity index is 468. The van der Waals surface area contributed by atoms with Gasteiger partial charge in [0.1, 0.15) is 0 Å². The fourth-order valence-electron chi connectivity index (χ4n) is 3.19. The minimum atomic E-state index is 0.219. The van der Waals surface area contributed by atoms with Crippen LogP contribution in [0.3, 0.4) is 0 Å². The zero-order chi connectivity index (χ0) is 14.1. The molecule has 4 heteroatoms. The van der Waals surface area contributed by atoms with Gasteiger partial charge in [0.05, 0.1) is 22.9 Å². The Morgan fingerprint density at radius 1 is 1.35 bits per heavy atom. The number of nitrogens with zero attached hydrogens (tertiary/aromatic N) is 1. The average Bonchev–Trinajstić information content (AvgIpc) is 2.77. The van der Waals surface area contributed by atoms with Crippen LogP contribution < -0.4 is 10.6 Å². The summed E-state index contributed by atoms with van der Waals surface area (Å²) in [4.78, 5) is 2.37. The van der Waals surface area contributed by atoms with Gasteiger partial charge in [-0.2, -0.15) is 0 Å². The molecule has 3 nitrogen and oxygen atoms in total. The van der Waals surface area contributed by atoms with E-state index in [2.05, 4.69) is 30.0 Å². The van der Waals surface area contributed by atoms with E-state index < -0.39 is 0 Å². The predicted molar refractivity (Wildman–Crippen MR) is 83.5 cm³/mol. The van der Waals surface area contributed by atoms with E-state index in [-0.39, 0.29) is 6.04 Å². The largest absolute Gasteiger partial charge is 0.371 e. The lowest BCUT2D eigenvalue weighted by molar-refractivity contribution is 0.0305. The molecule has 2 N–H and O–H groups in total. The second kappa shape index (κ2) is 5.92. The van der Waals surface area contributed by atoms with E-state index in [0.717, 1.165) is 36.6 Å². The highest BCUT2D eigenvalue weighted by Crippen LogP contribution is 2.34. The molecule has 0 saturated carbocycles. The van der Waals surface area contributed by atoms with Crippen molar-refractivity contribution in [2.45, 2.75) is 50.9 Å². The average molecular weight is 295 g/mol. The molecule has 0 aliphatic carbocycles. The normalized spacial score (nSPS) is 26.9. The van der Waals surface area contributed by atoms with Crippen molar-refractivity contribution in [1.82, 2.24) is 0 Å². The number of ether oxygens (including phenoxy) is 1. The fourth-order valence-corrected chi connectivity index (χ4v) is 3.52. The van der Waals surface area contributed by atoms with E-state index in [1.165, 1.54) is 18.4 Å². The van der Waals surface area contributed by atoms with Gasteiger partial charge in [-0.15, -0.1) is 0 Å². The zero-order valence-electron chi connectivity index (χ0n) is 12.0. The number of hydrogen-bond acceptors (Lipinski definition) is 3. The van der Waals surface area contributed by atoms with Crippen molar-refractivity contribution in [2.75, 3.05) is 18.0 Å². The second-order valence-corrected chi connectivity index (χ2v) is 6.43. The summed E-state index contributed by atoms with van der Waals surface area (Å²) in [5.41, 5.74) is 8.38. The fraction of sp³-hybridized carbons (Fsp3) is 0.625. The summed E-state index contributed by atoms with van der Waals surface area (Å²) in [6, 6.07) is 6.60. The molecular weight excluding hydrogens is 272 g/mol. The first-order valence-corrected chi connectivity index (χ1v) is 7.98. The third-order valence-electron chi connectivity index (χ3n) is 4.42. The molecule has 2 aliphatic rings. The number of anilines is 1. The van der Waals surface area contributed by atoms with Crippen LogP contribution in [-0.4, -0.2) is 31.3 Å². The molecule has 3 atom stereocenters. The lowest BCUT2D eigenvalue weighted by Crippen LogP contribution is -2.42.